The van der Waals surface area contributed by atoms with E-state index in [9.17, 15) is 0 Å². The smallest absolute Gasteiger partial charge is 0.145 e. The second-order valence-electron chi connectivity index (χ2n) is 3.51. The van der Waals surface area contributed by atoms with Crippen LogP contribution in [-0.2, 0) is 4.74 Å². The standard InChI is InChI=1S/C10H19N5O2/c1-8-12-9(14-11)7-10(13-8)15(3-5-16)4-6-17-2/h7,16H,3-6,11H2,1-2H3,(H,12,13,14). The van der Waals surface area contributed by atoms with Crippen molar-refractivity contribution in [2.75, 3.05) is 43.7 Å². The quantitative estimate of drug-likeness (QED) is 0.438. The molecule has 0 fully saturated rings. The first-order valence-corrected chi connectivity index (χ1v) is 5.38. The zero-order chi connectivity index (χ0) is 12.7. The number of nitrogen functional groups attached to an aromatic ring is 1. The summed E-state index contributed by atoms with van der Waals surface area (Å²) in [7, 11) is 1.63. The Morgan fingerprint density at radius 2 is 2.24 bits per heavy atom. The number of aliphatic hydroxyl groups is 1. The van der Waals surface area contributed by atoms with Crippen LogP contribution in [0.15, 0.2) is 6.07 Å². The van der Waals surface area contributed by atoms with Crippen LogP contribution in [0, 0.1) is 6.92 Å². The van der Waals surface area contributed by atoms with Gasteiger partial charge in [0.1, 0.15) is 17.5 Å². The Morgan fingerprint density at radius 1 is 1.47 bits per heavy atom. The molecule has 7 nitrogen and oxygen atoms in total. The summed E-state index contributed by atoms with van der Waals surface area (Å²) in [5, 5.41) is 9.03. The number of aliphatic hydroxyl groups excluding tert-OH is 1. The molecule has 0 saturated carbocycles. The highest BCUT2D eigenvalue weighted by Crippen LogP contribution is 2.14. The monoisotopic (exact) mass is 241 g/mol. The number of rotatable bonds is 7. The molecule has 0 unspecified atom stereocenters. The summed E-state index contributed by atoms with van der Waals surface area (Å²) in [6.45, 7) is 3.55. The lowest BCUT2D eigenvalue weighted by atomic mass is 10.4. The molecule has 0 atom stereocenters. The molecule has 96 valence electrons. The number of aromatic nitrogens is 2. The van der Waals surface area contributed by atoms with Gasteiger partial charge in [-0.3, -0.25) is 0 Å². The number of aryl methyl sites for hydroxylation is 1. The molecule has 0 amide bonds. The van der Waals surface area contributed by atoms with Gasteiger partial charge in [-0.05, 0) is 6.92 Å². The van der Waals surface area contributed by atoms with Gasteiger partial charge in [0.2, 0.25) is 0 Å². The number of ether oxygens (including phenoxy) is 1. The van der Waals surface area contributed by atoms with Crippen molar-refractivity contribution in [1.82, 2.24) is 9.97 Å². The molecule has 0 saturated heterocycles. The molecule has 0 spiro atoms. The van der Waals surface area contributed by atoms with E-state index in [1.54, 1.807) is 20.1 Å². The maximum atomic E-state index is 9.03. The van der Waals surface area contributed by atoms with Crippen LogP contribution in [0.1, 0.15) is 5.82 Å². The molecular formula is C10H19N5O2. The molecular weight excluding hydrogens is 222 g/mol. The van der Waals surface area contributed by atoms with E-state index in [1.807, 2.05) is 4.90 Å². The van der Waals surface area contributed by atoms with Gasteiger partial charge in [-0.2, -0.15) is 0 Å². The van der Waals surface area contributed by atoms with Crippen molar-refractivity contribution in [3.8, 4) is 0 Å². The van der Waals surface area contributed by atoms with Crippen molar-refractivity contribution in [1.29, 1.82) is 0 Å². The Kier molecular flexibility index (Phi) is 5.61. The van der Waals surface area contributed by atoms with E-state index >= 15 is 0 Å². The van der Waals surface area contributed by atoms with Crippen LogP contribution >= 0.6 is 0 Å². The summed E-state index contributed by atoms with van der Waals surface area (Å²) in [6.07, 6.45) is 0. The third kappa shape index (κ3) is 4.14. The summed E-state index contributed by atoms with van der Waals surface area (Å²) in [4.78, 5) is 10.3. The van der Waals surface area contributed by atoms with E-state index in [0.29, 0.717) is 31.3 Å². The molecule has 0 aliphatic rings. The third-order valence-electron chi connectivity index (χ3n) is 2.23. The molecule has 0 aliphatic carbocycles. The van der Waals surface area contributed by atoms with Gasteiger partial charge in [0, 0.05) is 26.3 Å². The first-order chi connectivity index (χ1) is 8.21. The Bertz CT molecular complexity index is 347. The molecule has 0 aromatic carbocycles. The van der Waals surface area contributed by atoms with Crippen molar-refractivity contribution < 1.29 is 9.84 Å². The molecule has 0 radical (unpaired) electrons. The highest BCUT2D eigenvalue weighted by Gasteiger charge is 2.09. The Balaban J connectivity index is 2.87. The minimum atomic E-state index is 0.0537. The number of hydrogen-bond acceptors (Lipinski definition) is 7. The van der Waals surface area contributed by atoms with E-state index in [-0.39, 0.29) is 6.61 Å². The summed E-state index contributed by atoms with van der Waals surface area (Å²) in [5.41, 5.74) is 2.49. The Labute approximate surface area is 101 Å². The average molecular weight is 241 g/mol. The van der Waals surface area contributed by atoms with E-state index in [0.717, 1.165) is 5.82 Å². The summed E-state index contributed by atoms with van der Waals surface area (Å²) in [5.74, 6) is 7.22. The van der Waals surface area contributed by atoms with Crippen molar-refractivity contribution >= 4 is 11.6 Å². The van der Waals surface area contributed by atoms with Crippen molar-refractivity contribution in [2.24, 2.45) is 5.84 Å². The number of nitrogens with zero attached hydrogens (tertiary/aromatic N) is 3. The van der Waals surface area contributed by atoms with Gasteiger partial charge in [0.15, 0.2) is 0 Å². The van der Waals surface area contributed by atoms with Gasteiger partial charge in [-0.15, -0.1) is 0 Å². The number of nitrogens with two attached hydrogens (primary N) is 1. The Morgan fingerprint density at radius 3 is 2.82 bits per heavy atom. The molecule has 4 N–H and O–H groups in total. The maximum Gasteiger partial charge on any atom is 0.145 e. The van der Waals surface area contributed by atoms with Gasteiger partial charge in [-0.25, -0.2) is 15.8 Å². The van der Waals surface area contributed by atoms with Crippen LogP contribution < -0.4 is 16.2 Å². The number of anilines is 2. The van der Waals surface area contributed by atoms with Crippen LogP contribution in [0.25, 0.3) is 0 Å². The summed E-state index contributed by atoms with van der Waals surface area (Å²) >= 11 is 0. The predicted molar refractivity (Wildman–Crippen MR) is 65.8 cm³/mol. The minimum absolute atomic E-state index is 0.0537. The van der Waals surface area contributed by atoms with Crippen LogP contribution in [0.4, 0.5) is 11.6 Å². The van der Waals surface area contributed by atoms with E-state index in [4.69, 9.17) is 15.7 Å². The second kappa shape index (κ2) is 7.00. The van der Waals surface area contributed by atoms with Gasteiger partial charge >= 0.3 is 0 Å². The fourth-order valence-electron chi connectivity index (χ4n) is 1.45. The summed E-state index contributed by atoms with van der Waals surface area (Å²) < 4.78 is 5.02. The van der Waals surface area contributed by atoms with E-state index in [1.165, 1.54) is 0 Å². The van der Waals surface area contributed by atoms with Crippen molar-refractivity contribution in [3.63, 3.8) is 0 Å². The lowest BCUT2D eigenvalue weighted by molar-refractivity contribution is 0.202. The van der Waals surface area contributed by atoms with Gasteiger partial charge < -0.3 is 20.2 Å². The zero-order valence-corrected chi connectivity index (χ0v) is 10.2. The summed E-state index contributed by atoms with van der Waals surface area (Å²) in [6, 6.07) is 1.73. The molecule has 1 heterocycles. The van der Waals surface area contributed by atoms with E-state index in [2.05, 4.69) is 15.4 Å². The minimum Gasteiger partial charge on any atom is -0.395 e. The van der Waals surface area contributed by atoms with E-state index < -0.39 is 0 Å². The lowest BCUT2D eigenvalue weighted by Crippen LogP contribution is -2.31. The topological polar surface area (TPSA) is 96.5 Å². The SMILES string of the molecule is COCCN(CCO)c1cc(NN)nc(C)n1. The first kappa shape index (κ1) is 13.6. The lowest BCUT2D eigenvalue weighted by Gasteiger charge is -2.22. The maximum absolute atomic E-state index is 9.03. The molecule has 0 bridgehead atoms. The van der Waals surface area contributed by atoms with Crippen LogP contribution in [0.5, 0.6) is 0 Å². The predicted octanol–water partition coefficient (Wildman–Crippen LogP) is -0.484. The molecule has 7 heteroatoms. The highest BCUT2D eigenvalue weighted by atomic mass is 16.5. The zero-order valence-electron chi connectivity index (χ0n) is 10.2. The van der Waals surface area contributed by atoms with Crippen LogP contribution in [-0.4, -0.2) is 48.5 Å². The molecule has 17 heavy (non-hydrogen) atoms. The number of hydrazine groups is 1. The van der Waals surface area contributed by atoms with Gasteiger partial charge in [-0.1, -0.05) is 0 Å². The van der Waals surface area contributed by atoms with Crippen LogP contribution in [0.3, 0.4) is 0 Å². The second-order valence-corrected chi connectivity index (χ2v) is 3.51. The number of hydrogen-bond donors (Lipinski definition) is 3. The van der Waals surface area contributed by atoms with Gasteiger partial charge in [0.05, 0.1) is 13.2 Å². The molecule has 1 aromatic rings. The number of methoxy groups -OCH3 is 1. The van der Waals surface area contributed by atoms with Gasteiger partial charge in [0.25, 0.3) is 0 Å². The molecule has 1 rings (SSSR count). The average Bonchev–Trinajstić information content (AvgIpc) is 2.33. The fraction of sp³-hybridized carbons (Fsp3) is 0.600. The van der Waals surface area contributed by atoms with Crippen molar-refractivity contribution in [3.05, 3.63) is 11.9 Å². The highest BCUT2D eigenvalue weighted by molar-refractivity contribution is 5.48. The first-order valence-electron chi connectivity index (χ1n) is 5.38. The molecule has 0 aliphatic heterocycles. The largest absolute Gasteiger partial charge is 0.395 e. The number of nitrogens with one attached hydrogen (secondary N) is 1. The van der Waals surface area contributed by atoms with Crippen LogP contribution in [0.2, 0.25) is 0 Å². The van der Waals surface area contributed by atoms with Crippen molar-refractivity contribution in [2.45, 2.75) is 6.92 Å². The normalized spacial score (nSPS) is 10.4. The fourth-order valence-corrected chi connectivity index (χ4v) is 1.45. The molecule has 1 aromatic heterocycles. The Hall–Kier alpha value is -1.44. The third-order valence-corrected chi connectivity index (χ3v) is 2.23.